The lowest BCUT2D eigenvalue weighted by Crippen LogP contribution is -2.49. The summed E-state index contributed by atoms with van der Waals surface area (Å²) in [4.78, 5) is 37.6. The van der Waals surface area contributed by atoms with Gasteiger partial charge >= 0.3 is 0 Å². The Kier molecular flexibility index (Phi) is 8.04. The number of likely N-dealkylation sites (N-methyl/N-ethyl adjacent to an activating group) is 1. The number of carbonyl (C=O) groups excluding carboxylic acids is 3. The van der Waals surface area contributed by atoms with Gasteiger partial charge in [-0.3, -0.25) is 14.4 Å². The topological polar surface area (TPSA) is 113 Å². The van der Waals surface area contributed by atoms with Crippen molar-refractivity contribution in [3.8, 4) is 0 Å². The molecular formula is C16H22ClN3O5S. The van der Waals surface area contributed by atoms with Crippen molar-refractivity contribution < 1.29 is 22.8 Å². The van der Waals surface area contributed by atoms with Crippen LogP contribution in [0.5, 0.6) is 0 Å². The molecule has 0 aliphatic heterocycles. The van der Waals surface area contributed by atoms with Crippen LogP contribution in [0.3, 0.4) is 0 Å². The van der Waals surface area contributed by atoms with Crippen molar-refractivity contribution >= 4 is 39.2 Å². The van der Waals surface area contributed by atoms with Gasteiger partial charge in [0.05, 0.1) is 22.9 Å². The summed E-state index contributed by atoms with van der Waals surface area (Å²) in [5.41, 5.74) is 0.163. The van der Waals surface area contributed by atoms with Crippen molar-refractivity contribution in [3.63, 3.8) is 0 Å². The van der Waals surface area contributed by atoms with E-state index in [1.165, 1.54) is 31.1 Å². The highest BCUT2D eigenvalue weighted by Crippen LogP contribution is 2.15. The fraction of sp³-hybridized carbons (Fsp3) is 0.438. The third kappa shape index (κ3) is 7.40. The third-order valence-electron chi connectivity index (χ3n) is 3.43. The molecule has 0 unspecified atom stereocenters. The molecule has 8 nitrogen and oxygen atoms in total. The van der Waals surface area contributed by atoms with Gasteiger partial charge in [0.2, 0.25) is 11.8 Å². The lowest BCUT2D eigenvalue weighted by molar-refractivity contribution is -0.131. The Morgan fingerprint density at radius 2 is 1.81 bits per heavy atom. The smallest absolute Gasteiger partial charge is 0.253 e. The molecule has 1 atom stereocenters. The predicted octanol–water partition coefficient (Wildman–Crippen LogP) is 0.0775. The van der Waals surface area contributed by atoms with Crippen LogP contribution < -0.4 is 10.6 Å². The van der Waals surface area contributed by atoms with Gasteiger partial charge in [-0.05, 0) is 18.6 Å². The standard InChI is InChI=1S/C16H22ClN3O5S/c1-20(2)14(21)10-18-16(23)13(8-9-26(3,24)25)19-15(22)11-6-4-5-7-12(11)17/h4-7,13H,8-10H2,1-3H3,(H,18,23)(H,19,22)/t13-/m1/s1. The second kappa shape index (κ2) is 9.54. The molecule has 0 heterocycles. The molecule has 0 aliphatic rings. The summed E-state index contributed by atoms with van der Waals surface area (Å²) in [6.07, 6.45) is 0.907. The largest absolute Gasteiger partial charge is 0.347 e. The molecule has 0 aliphatic carbocycles. The SMILES string of the molecule is CN(C)C(=O)CNC(=O)[C@@H](CCS(C)(=O)=O)NC(=O)c1ccccc1Cl. The van der Waals surface area contributed by atoms with Crippen LogP contribution >= 0.6 is 11.6 Å². The Balaban J connectivity index is 2.87. The van der Waals surface area contributed by atoms with Crippen LogP contribution in [-0.2, 0) is 19.4 Å². The maximum absolute atomic E-state index is 12.4. The zero-order chi connectivity index (χ0) is 19.9. The van der Waals surface area contributed by atoms with Crippen LogP contribution in [-0.4, -0.2) is 69.7 Å². The van der Waals surface area contributed by atoms with E-state index in [9.17, 15) is 22.8 Å². The Morgan fingerprint density at radius 3 is 2.35 bits per heavy atom. The van der Waals surface area contributed by atoms with Gasteiger partial charge in [-0.25, -0.2) is 8.42 Å². The number of sulfone groups is 1. The van der Waals surface area contributed by atoms with Crippen LogP contribution in [0.1, 0.15) is 16.8 Å². The second-order valence-electron chi connectivity index (χ2n) is 5.93. The highest BCUT2D eigenvalue weighted by atomic mass is 35.5. The molecule has 0 saturated carbocycles. The van der Waals surface area contributed by atoms with Crippen molar-refractivity contribution in [3.05, 3.63) is 34.9 Å². The van der Waals surface area contributed by atoms with Gasteiger partial charge in [0.1, 0.15) is 15.9 Å². The van der Waals surface area contributed by atoms with E-state index in [0.717, 1.165) is 6.26 Å². The molecule has 1 rings (SSSR count). The maximum atomic E-state index is 12.4. The molecule has 10 heteroatoms. The zero-order valence-corrected chi connectivity index (χ0v) is 16.4. The lowest BCUT2D eigenvalue weighted by Gasteiger charge is -2.19. The number of amides is 3. The highest BCUT2D eigenvalue weighted by molar-refractivity contribution is 7.90. The van der Waals surface area contributed by atoms with Crippen molar-refractivity contribution in [1.29, 1.82) is 0 Å². The average molecular weight is 404 g/mol. The molecule has 26 heavy (non-hydrogen) atoms. The monoisotopic (exact) mass is 403 g/mol. The Morgan fingerprint density at radius 1 is 1.19 bits per heavy atom. The zero-order valence-electron chi connectivity index (χ0n) is 14.8. The number of rotatable bonds is 8. The summed E-state index contributed by atoms with van der Waals surface area (Å²) in [7, 11) is -0.266. The molecule has 3 amide bonds. The van der Waals surface area contributed by atoms with Crippen LogP contribution in [0.15, 0.2) is 24.3 Å². The van der Waals surface area contributed by atoms with E-state index in [4.69, 9.17) is 11.6 Å². The molecule has 144 valence electrons. The van der Waals surface area contributed by atoms with Crippen molar-refractivity contribution in [2.45, 2.75) is 12.5 Å². The average Bonchev–Trinajstić information content (AvgIpc) is 2.55. The first-order chi connectivity index (χ1) is 12.0. The Hall–Kier alpha value is -2.13. The minimum atomic E-state index is -3.34. The van der Waals surface area contributed by atoms with Crippen molar-refractivity contribution in [2.24, 2.45) is 0 Å². The number of nitrogens with one attached hydrogen (secondary N) is 2. The number of hydrogen-bond acceptors (Lipinski definition) is 5. The van der Waals surface area contributed by atoms with Gasteiger partial charge < -0.3 is 15.5 Å². The van der Waals surface area contributed by atoms with E-state index in [1.807, 2.05) is 0 Å². The first kappa shape index (κ1) is 21.9. The van der Waals surface area contributed by atoms with Crippen LogP contribution in [0.4, 0.5) is 0 Å². The summed E-state index contributed by atoms with van der Waals surface area (Å²) in [6.45, 7) is -0.261. The Bertz CT molecular complexity index is 780. The Labute approximate surface area is 157 Å². The first-order valence-corrected chi connectivity index (χ1v) is 10.2. The van der Waals surface area contributed by atoms with Gasteiger partial charge in [-0.1, -0.05) is 23.7 Å². The fourth-order valence-electron chi connectivity index (χ4n) is 1.93. The molecule has 0 aromatic heterocycles. The van der Waals surface area contributed by atoms with Crippen molar-refractivity contribution in [1.82, 2.24) is 15.5 Å². The fourth-order valence-corrected chi connectivity index (χ4v) is 2.81. The number of halogens is 1. The van der Waals surface area contributed by atoms with Gasteiger partial charge in [0.15, 0.2) is 0 Å². The summed E-state index contributed by atoms with van der Waals surface area (Å²) in [5.74, 6) is -1.89. The molecule has 0 bridgehead atoms. The van der Waals surface area contributed by atoms with E-state index >= 15 is 0 Å². The van der Waals surface area contributed by atoms with Crippen LogP contribution in [0.2, 0.25) is 5.02 Å². The normalized spacial score (nSPS) is 12.2. The molecule has 2 N–H and O–H groups in total. The minimum absolute atomic E-state index is 0.128. The molecule has 0 saturated heterocycles. The second-order valence-corrected chi connectivity index (χ2v) is 8.60. The summed E-state index contributed by atoms with van der Waals surface area (Å²) >= 11 is 5.96. The van der Waals surface area contributed by atoms with E-state index in [0.29, 0.717) is 0 Å². The maximum Gasteiger partial charge on any atom is 0.253 e. The van der Waals surface area contributed by atoms with Crippen molar-refractivity contribution in [2.75, 3.05) is 32.6 Å². The van der Waals surface area contributed by atoms with Gasteiger partial charge in [0, 0.05) is 20.4 Å². The van der Waals surface area contributed by atoms with E-state index < -0.39 is 27.7 Å². The molecule has 0 fully saturated rings. The van der Waals surface area contributed by atoms with Gasteiger partial charge in [-0.2, -0.15) is 0 Å². The number of benzene rings is 1. The lowest BCUT2D eigenvalue weighted by atomic mass is 10.1. The molecule has 0 radical (unpaired) electrons. The third-order valence-corrected chi connectivity index (χ3v) is 4.74. The predicted molar refractivity (Wildman–Crippen MR) is 98.7 cm³/mol. The number of carbonyl (C=O) groups is 3. The molecule has 1 aromatic carbocycles. The number of hydrogen-bond donors (Lipinski definition) is 2. The quantitative estimate of drug-likeness (QED) is 0.638. The van der Waals surface area contributed by atoms with E-state index in [1.54, 1.807) is 12.1 Å². The first-order valence-electron chi connectivity index (χ1n) is 7.72. The van der Waals surface area contributed by atoms with Crippen LogP contribution in [0.25, 0.3) is 0 Å². The van der Waals surface area contributed by atoms with Gasteiger partial charge in [0.25, 0.3) is 5.91 Å². The van der Waals surface area contributed by atoms with E-state index in [2.05, 4.69) is 10.6 Å². The molecule has 1 aromatic rings. The van der Waals surface area contributed by atoms with E-state index in [-0.39, 0.29) is 35.2 Å². The summed E-state index contributed by atoms with van der Waals surface area (Å²) < 4.78 is 22.8. The number of nitrogens with zero attached hydrogens (tertiary/aromatic N) is 1. The molecular weight excluding hydrogens is 382 g/mol. The van der Waals surface area contributed by atoms with Gasteiger partial charge in [-0.15, -0.1) is 0 Å². The minimum Gasteiger partial charge on any atom is -0.347 e. The molecule has 0 spiro atoms. The summed E-state index contributed by atoms with van der Waals surface area (Å²) in [6, 6.07) is 5.15. The van der Waals surface area contributed by atoms with Crippen LogP contribution in [0, 0.1) is 0 Å². The summed E-state index contributed by atoms with van der Waals surface area (Å²) in [5, 5.41) is 5.08. The highest BCUT2D eigenvalue weighted by Gasteiger charge is 2.24.